The smallest absolute Gasteiger partial charge is 0.311 e. The first-order chi connectivity index (χ1) is 29.4. The van der Waals surface area contributed by atoms with Crippen molar-refractivity contribution in [2.45, 2.75) is 205 Å². The number of hydrogen-bond donors (Lipinski definition) is 7. The van der Waals surface area contributed by atoms with Crippen LogP contribution in [0.4, 0.5) is 4.39 Å². The molecule has 15 nitrogen and oxygen atoms in total. The van der Waals surface area contributed by atoms with E-state index in [9.17, 15) is 29.6 Å². The predicted molar refractivity (Wildman–Crippen MR) is 237 cm³/mol. The van der Waals surface area contributed by atoms with Gasteiger partial charge in [-0.3, -0.25) is 4.79 Å². The van der Waals surface area contributed by atoms with E-state index >= 15 is 0 Å². The van der Waals surface area contributed by atoms with Gasteiger partial charge in [0.25, 0.3) is 0 Å². The van der Waals surface area contributed by atoms with Gasteiger partial charge in [0.15, 0.2) is 18.7 Å². The molecule has 0 aliphatic carbocycles. The van der Waals surface area contributed by atoms with Gasteiger partial charge in [-0.15, -0.1) is 0 Å². The standard InChI is InChI=1S/C47H82FN3O12/c1-15-19-50-25-47(56)32(9)59-37(23-45(47,11)57-14)62-38-29(6)41(63-43-39(34(49-13)21-28(5)58-43)60-35-18-17-33(48)20-27(35)4)44(10,54)22-26(3)24-51-31(8)40(52)46(12,55)36(16-2)61-42(53)30(38)7/h17-18,20,26,28-32,34,36-41,43,49-52,54-56H,15-16,19,21-25H2,1-14H3/t26?,28-,29?,30?,31?,32+,34+,36?,37+,38?,39-,40?,41?,43+,44?,45-,46?,47+/m1/s1. The number of carbonyl (C=O) groups is 1. The maximum absolute atomic E-state index is 14.5. The van der Waals surface area contributed by atoms with Crippen molar-refractivity contribution in [1.82, 2.24) is 16.0 Å². The van der Waals surface area contributed by atoms with Gasteiger partial charge < -0.3 is 69.5 Å². The molecule has 7 N–H and O–H groups in total. The molecule has 0 radical (unpaired) electrons. The summed E-state index contributed by atoms with van der Waals surface area (Å²) in [5, 5.41) is 58.2. The van der Waals surface area contributed by atoms with Crippen LogP contribution in [0.3, 0.4) is 0 Å². The summed E-state index contributed by atoms with van der Waals surface area (Å²) in [6, 6.07) is 3.39. The van der Waals surface area contributed by atoms with E-state index in [0.29, 0.717) is 30.8 Å². The molecule has 63 heavy (non-hydrogen) atoms. The molecule has 0 spiro atoms. The molecule has 3 heterocycles. The van der Waals surface area contributed by atoms with Crippen molar-refractivity contribution in [2.75, 3.05) is 33.8 Å². The molecule has 4 rings (SSSR count). The third-order valence-corrected chi connectivity index (χ3v) is 14.1. The fourth-order valence-corrected chi connectivity index (χ4v) is 10.0. The number of cyclic esters (lactones) is 1. The molecular weight excluding hydrogens is 818 g/mol. The number of halogens is 1. The number of aliphatic hydroxyl groups excluding tert-OH is 1. The van der Waals surface area contributed by atoms with Crippen LogP contribution in [0.5, 0.6) is 5.75 Å². The number of methoxy groups -OCH3 is 1. The van der Waals surface area contributed by atoms with Gasteiger partial charge in [0.05, 0.1) is 42.0 Å². The number of aliphatic hydroxyl groups is 4. The van der Waals surface area contributed by atoms with Crippen LogP contribution in [0.2, 0.25) is 0 Å². The molecule has 18 atom stereocenters. The first-order valence-corrected chi connectivity index (χ1v) is 23.2. The highest BCUT2D eigenvalue weighted by atomic mass is 19.1. The average Bonchev–Trinajstić information content (AvgIpc) is 3.22. The van der Waals surface area contributed by atoms with Gasteiger partial charge in [-0.25, -0.2) is 4.39 Å². The van der Waals surface area contributed by atoms with Crippen molar-refractivity contribution >= 4 is 5.97 Å². The minimum atomic E-state index is -1.84. The number of carbonyl (C=O) groups excluding carboxylic acids is 1. The van der Waals surface area contributed by atoms with Gasteiger partial charge in [-0.05, 0) is 131 Å². The molecule has 0 saturated carbocycles. The maximum atomic E-state index is 14.5. The van der Waals surface area contributed by atoms with Gasteiger partial charge in [0.1, 0.15) is 40.6 Å². The van der Waals surface area contributed by atoms with Crippen LogP contribution in [-0.2, 0) is 33.2 Å². The number of ether oxygens (including phenoxy) is 7. The number of likely N-dealkylation sites (N-methyl/N-ethyl adjacent to an activating group) is 1. The summed E-state index contributed by atoms with van der Waals surface area (Å²) in [5.41, 5.74) is -5.49. The average molecular weight is 900 g/mol. The van der Waals surface area contributed by atoms with E-state index in [1.54, 1.807) is 47.6 Å². The van der Waals surface area contributed by atoms with Gasteiger partial charge in [0, 0.05) is 32.0 Å². The van der Waals surface area contributed by atoms with Gasteiger partial charge in [-0.1, -0.05) is 27.7 Å². The minimum absolute atomic E-state index is 0.0736. The van der Waals surface area contributed by atoms with Crippen LogP contribution >= 0.6 is 0 Å². The highest BCUT2D eigenvalue weighted by Crippen LogP contribution is 2.43. The molecule has 16 heteroatoms. The predicted octanol–water partition coefficient (Wildman–Crippen LogP) is 4.12. The molecule has 0 aromatic heterocycles. The summed E-state index contributed by atoms with van der Waals surface area (Å²) in [7, 11) is 3.35. The van der Waals surface area contributed by atoms with Crippen LogP contribution in [0.25, 0.3) is 0 Å². The van der Waals surface area contributed by atoms with Crippen LogP contribution < -0.4 is 20.7 Å². The molecule has 3 saturated heterocycles. The van der Waals surface area contributed by atoms with E-state index in [-0.39, 0.29) is 43.9 Å². The summed E-state index contributed by atoms with van der Waals surface area (Å²) in [5.74, 6) is -2.73. The van der Waals surface area contributed by atoms with Crippen LogP contribution in [-0.4, -0.2) is 150 Å². The number of nitrogens with one attached hydrogen (secondary N) is 3. The Labute approximate surface area is 375 Å². The Morgan fingerprint density at radius 2 is 1.67 bits per heavy atom. The van der Waals surface area contributed by atoms with E-state index in [0.717, 1.165) is 6.42 Å². The Bertz CT molecular complexity index is 1610. The summed E-state index contributed by atoms with van der Waals surface area (Å²) < 4.78 is 60.1. The molecule has 1 aromatic rings. The Morgan fingerprint density at radius 1 is 0.984 bits per heavy atom. The molecule has 3 aliphatic rings. The van der Waals surface area contributed by atoms with Crippen LogP contribution in [0.15, 0.2) is 18.2 Å². The monoisotopic (exact) mass is 900 g/mol. The van der Waals surface area contributed by atoms with Crippen molar-refractivity contribution in [2.24, 2.45) is 17.8 Å². The number of benzene rings is 1. The topological polar surface area (TPSA) is 199 Å². The summed E-state index contributed by atoms with van der Waals surface area (Å²) in [6.07, 6.45) is -6.66. The van der Waals surface area contributed by atoms with E-state index in [4.69, 9.17) is 33.2 Å². The lowest BCUT2D eigenvalue weighted by Gasteiger charge is -2.53. The molecule has 3 aliphatic heterocycles. The number of aryl methyl sites for hydroxylation is 1. The Hall–Kier alpha value is -2.06. The lowest BCUT2D eigenvalue weighted by Crippen LogP contribution is -2.70. The fraction of sp³-hybridized carbons (Fsp3) is 0.851. The first-order valence-electron chi connectivity index (χ1n) is 23.2. The second-order valence-corrected chi connectivity index (χ2v) is 19.6. The van der Waals surface area contributed by atoms with Gasteiger partial charge in [0.2, 0.25) is 0 Å². The van der Waals surface area contributed by atoms with Crippen molar-refractivity contribution in [1.29, 1.82) is 0 Å². The van der Waals surface area contributed by atoms with Crippen molar-refractivity contribution in [3.05, 3.63) is 29.6 Å². The third kappa shape index (κ3) is 12.3. The highest BCUT2D eigenvalue weighted by molar-refractivity contribution is 5.73. The van der Waals surface area contributed by atoms with Gasteiger partial charge >= 0.3 is 5.97 Å². The molecule has 1 aromatic carbocycles. The zero-order valence-electron chi connectivity index (χ0n) is 40.4. The molecule has 10 unspecified atom stereocenters. The molecule has 364 valence electrons. The summed E-state index contributed by atoms with van der Waals surface area (Å²) in [4.78, 5) is 14.5. The largest absolute Gasteiger partial charge is 0.483 e. The summed E-state index contributed by atoms with van der Waals surface area (Å²) >= 11 is 0. The molecule has 0 bridgehead atoms. The number of rotatable bonds is 13. The lowest BCUT2D eigenvalue weighted by atomic mass is 9.75. The zero-order valence-corrected chi connectivity index (χ0v) is 40.4. The first kappa shape index (κ1) is 53.6. The van der Waals surface area contributed by atoms with E-state index in [1.807, 2.05) is 41.7 Å². The van der Waals surface area contributed by atoms with E-state index in [2.05, 4.69) is 16.0 Å². The highest BCUT2D eigenvalue weighted by Gasteiger charge is 2.58. The van der Waals surface area contributed by atoms with Crippen molar-refractivity contribution in [3.63, 3.8) is 0 Å². The normalized spacial score (nSPS) is 43.7. The van der Waals surface area contributed by atoms with E-state index < -0.39 is 101 Å². The van der Waals surface area contributed by atoms with Crippen LogP contribution in [0.1, 0.15) is 114 Å². The molecule has 0 amide bonds. The second kappa shape index (κ2) is 22.2. The van der Waals surface area contributed by atoms with E-state index in [1.165, 1.54) is 26.2 Å². The SMILES string of the molecule is CCCNC[C@]1(O)[C@H](C)O[C@@H](OC2C(C)C(=O)OC(CC)C(C)(O)C(O)C(C)NCC(C)CC(C)(O)C(O[C@@H]3O[C@H](C)C[C@H](NC)[C@H]3Oc3ccc(F)cc3C)C2C)C[C@@]1(C)OC. The molecular formula is C47H82FN3O12. The minimum Gasteiger partial charge on any atom is -0.483 e. The van der Waals surface area contributed by atoms with Crippen LogP contribution in [0, 0.1) is 30.5 Å². The zero-order chi connectivity index (χ0) is 47.2. The maximum Gasteiger partial charge on any atom is 0.311 e. The quantitative estimate of drug-likeness (QED) is 0.110. The van der Waals surface area contributed by atoms with Gasteiger partial charge in [-0.2, -0.15) is 0 Å². The Balaban J connectivity index is 1.85. The number of hydrogen-bond acceptors (Lipinski definition) is 15. The number of esters is 1. The fourth-order valence-electron chi connectivity index (χ4n) is 10.0. The summed E-state index contributed by atoms with van der Waals surface area (Å²) in [6.45, 7) is 22.6. The Morgan fingerprint density at radius 3 is 2.27 bits per heavy atom. The second-order valence-electron chi connectivity index (χ2n) is 19.6. The van der Waals surface area contributed by atoms with Crippen molar-refractivity contribution < 1.29 is 62.8 Å². The lowest BCUT2D eigenvalue weighted by molar-refractivity contribution is -0.335. The third-order valence-electron chi connectivity index (χ3n) is 14.1. The Kier molecular flexibility index (Phi) is 18.8. The molecule has 3 fully saturated rings. The van der Waals surface area contributed by atoms with Crippen molar-refractivity contribution in [3.8, 4) is 5.75 Å².